The molecule has 2 N–H and O–H groups in total. The lowest BCUT2D eigenvalue weighted by Crippen LogP contribution is -1.96. The van der Waals surface area contributed by atoms with Crippen LogP contribution in [-0.2, 0) is 6.54 Å². The van der Waals surface area contributed by atoms with E-state index in [1.165, 1.54) is 6.07 Å². The summed E-state index contributed by atoms with van der Waals surface area (Å²) in [5, 5.41) is 0. The molecule has 0 fully saturated rings. The van der Waals surface area contributed by atoms with E-state index in [-0.39, 0.29) is 5.82 Å². The summed E-state index contributed by atoms with van der Waals surface area (Å²) in [6.45, 7) is 4.38. The quantitative estimate of drug-likeness (QED) is 0.793. The van der Waals surface area contributed by atoms with Crippen LogP contribution in [0.1, 0.15) is 19.4 Å². The van der Waals surface area contributed by atoms with E-state index in [1.807, 2.05) is 13.8 Å². The van der Waals surface area contributed by atoms with Crippen molar-refractivity contribution in [2.45, 2.75) is 20.4 Å². The Morgan fingerprint density at radius 2 is 2.00 bits per heavy atom. The predicted molar refractivity (Wildman–Crippen MR) is 53.3 cm³/mol. The van der Waals surface area contributed by atoms with Crippen LogP contribution in [0.5, 0.6) is 0 Å². The molecule has 0 radical (unpaired) electrons. The van der Waals surface area contributed by atoms with Crippen molar-refractivity contribution in [2.75, 3.05) is 0 Å². The van der Waals surface area contributed by atoms with Gasteiger partial charge in [0.1, 0.15) is 5.82 Å². The first-order valence-electron chi connectivity index (χ1n) is 3.88. The maximum Gasteiger partial charge on any atom is 0.137 e. The first kappa shape index (κ1) is 11.6. The standard InChI is InChI=1S/C7H7BrFN.C2H6/c8-6-2-1-5(4-10)3-7(6)9;1-2/h1-3H,4,10H2;1-2H3. The van der Waals surface area contributed by atoms with Crippen molar-refractivity contribution in [1.29, 1.82) is 0 Å². The molecule has 1 aromatic rings. The second-order valence-corrected chi connectivity index (χ2v) is 2.81. The molecule has 0 amide bonds. The zero-order valence-corrected chi connectivity index (χ0v) is 8.86. The molecule has 0 aliphatic heterocycles. The summed E-state index contributed by atoms with van der Waals surface area (Å²) in [6, 6.07) is 4.86. The van der Waals surface area contributed by atoms with Crippen molar-refractivity contribution < 1.29 is 4.39 Å². The van der Waals surface area contributed by atoms with E-state index in [0.29, 0.717) is 11.0 Å². The average molecular weight is 234 g/mol. The molecule has 0 atom stereocenters. The summed E-state index contributed by atoms with van der Waals surface area (Å²) in [4.78, 5) is 0. The lowest BCUT2D eigenvalue weighted by Gasteiger charge is -1.96. The van der Waals surface area contributed by atoms with Gasteiger partial charge in [-0.3, -0.25) is 0 Å². The van der Waals surface area contributed by atoms with Crippen LogP contribution in [0.2, 0.25) is 0 Å². The number of halogens is 2. The maximum absolute atomic E-state index is 12.7. The smallest absolute Gasteiger partial charge is 0.137 e. The molecular weight excluding hydrogens is 221 g/mol. The van der Waals surface area contributed by atoms with E-state index in [4.69, 9.17) is 5.73 Å². The van der Waals surface area contributed by atoms with Gasteiger partial charge in [-0.25, -0.2) is 4.39 Å². The van der Waals surface area contributed by atoms with Crippen LogP contribution >= 0.6 is 15.9 Å². The van der Waals surface area contributed by atoms with E-state index in [2.05, 4.69) is 15.9 Å². The van der Waals surface area contributed by atoms with Gasteiger partial charge in [0.2, 0.25) is 0 Å². The van der Waals surface area contributed by atoms with Crippen molar-refractivity contribution in [3.05, 3.63) is 34.1 Å². The van der Waals surface area contributed by atoms with Crippen LogP contribution in [0.25, 0.3) is 0 Å². The third-order valence-corrected chi connectivity index (χ3v) is 1.86. The van der Waals surface area contributed by atoms with Gasteiger partial charge in [-0.05, 0) is 33.6 Å². The number of hydrogen-bond acceptors (Lipinski definition) is 1. The second kappa shape index (κ2) is 6.14. The Bertz CT molecular complexity index is 238. The van der Waals surface area contributed by atoms with Gasteiger partial charge < -0.3 is 5.73 Å². The predicted octanol–water partition coefficient (Wildman–Crippen LogP) is 3.07. The molecule has 68 valence electrons. The third-order valence-electron chi connectivity index (χ3n) is 1.22. The van der Waals surface area contributed by atoms with Gasteiger partial charge in [-0.1, -0.05) is 19.9 Å². The molecule has 0 aliphatic rings. The van der Waals surface area contributed by atoms with E-state index in [0.717, 1.165) is 5.56 Å². The minimum atomic E-state index is -0.261. The minimum Gasteiger partial charge on any atom is -0.326 e. The minimum absolute atomic E-state index is 0.261. The van der Waals surface area contributed by atoms with Crippen LogP contribution in [-0.4, -0.2) is 0 Å². The summed E-state index contributed by atoms with van der Waals surface area (Å²) in [7, 11) is 0. The zero-order valence-electron chi connectivity index (χ0n) is 7.27. The van der Waals surface area contributed by atoms with Crippen molar-refractivity contribution in [3.63, 3.8) is 0 Å². The molecular formula is C9H13BrFN. The first-order chi connectivity index (χ1) is 5.74. The van der Waals surface area contributed by atoms with Gasteiger partial charge in [0.25, 0.3) is 0 Å². The molecule has 0 heterocycles. The molecule has 1 rings (SSSR count). The fraction of sp³-hybridized carbons (Fsp3) is 0.333. The Hall–Kier alpha value is -0.410. The lowest BCUT2D eigenvalue weighted by atomic mass is 10.2. The highest BCUT2D eigenvalue weighted by Crippen LogP contribution is 2.15. The molecule has 0 saturated heterocycles. The SMILES string of the molecule is CC.NCc1ccc(Br)c(F)c1. The highest BCUT2D eigenvalue weighted by atomic mass is 79.9. The topological polar surface area (TPSA) is 26.0 Å². The first-order valence-corrected chi connectivity index (χ1v) is 4.67. The zero-order chi connectivity index (χ0) is 9.56. The Kier molecular flexibility index (Phi) is 5.93. The molecule has 0 aromatic heterocycles. The molecule has 0 saturated carbocycles. The van der Waals surface area contributed by atoms with Crippen LogP contribution in [0.15, 0.2) is 22.7 Å². The summed E-state index contributed by atoms with van der Waals surface area (Å²) in [6.07, 6.45) is 0. The monoisotopic (exact) mass is 233 g/mol. The molecule has 12 heavy (non-hydrogen) atoms. The average Bonchev–Trinajstić information content (AvgIpc) is 2.13. The van der Waals surface area contributed by atoms with E-state index >= 15 is 0 Å². The van der Waals surface area contributed by atoms with E-state index in [9.17, 15) is 4.39 Å². The molecule has 0 bridgehead atoms. The number of rotatable bonds is 1. The summed E-state index contributed by atoms with van der Waals surface area (Å²) in [5.74, 6) is -0.261. The highest BCUT2D eigenvalue weighted by Gasteiger charge is 1.97. The van der Waals surface area contributed by atoms with E-state index < -0.39 is 0 Å². The van der Waals surface area contributed by atoms with Gasteiger partial charge in [0.15, 0.2) is 0 Å². The maximum atomic E-state index is 12.7. The fourth-order valence-corrected chi connectivity index (χ4v) is 0.913. The van der Waals surface area contributed by atoms with Crippen LogP contribution in [0, 0.1) is 5.82 Å². The molecule has 1 aromatic carbocycles. The van der Waals surface area contributed by atoms with Crippen molar-refractivity contribution >= 4 is 15.9 Å². The van der Waals surface area contributed by atoms with Crippen molar-refractivity contribution in [3.8, 4) is 0 Å². The highest BCUT2D eigenvalue weighted by molar-refractivity contribution is 9.10. The normalized spacial score (nSPS) is 8.75. The molecule has 0 aliphatic carbocycles. The fourth-order valence-electron chi connectivity index (χ4n) is 0.667. The Morgan fingerprint density at radius 3 is 2.42 bits per heavy atom. The van der Waals surface area contributed by atoms with Crippen molar-refractivity contribution in [1.82, 2.24) is 0 Å². The number of hydrogen-bond donors (Lipinski definition) is 1. The van der Waals surface area contributed by atoms with Crippen LogP contribution < -0.4 is 5.73 Å². The molecule has 0 unspecified atom stereocenters. The summed E-state index contributed by atoms with van der Waals surface area (Å²) in [5.41, 5.74) is 6.09. The van der Waals surface area contributed by atoms with Gasteiger partial charge in [0, 0.05) is 6.54 Å². The molecule has 1 nitrogen and oxygen atoms in total. The van der Waals surface area contributed by atoms with E-state index in [1.54, 1.807) is 12.1 Å². The van der Waals surface area contributed by atoms with Gasteiger partial charge in [-0.2, -0.15) is 0 Å². The lowest BCUT2D eigenvalue weighted by molar-refractivity contribution is 0.619. The second-order valence-electron chi connectivity index (χ2n) is 1.95. The van der Waals surface area contributed by atoms with Gasteiger partial charge in [0.05, 0.1) is 4.47 Å². The largest absolute Gasteiger partial charge is 0.326 e. The van der Waals surface area contributed by atoms with Crippen LogP contribution in [0.3, 0.4) is 0 Å². The molecule has 3 heteroatoms. The van der Waals surface area contributed by atoms with Crippen molar-refractivity contribution in [2.24, 2.45) is 5.73 Å². The Morgan fingerprint density at radius 1 is 1.42 bits per heavy atom. The number of nitrogens with two attached hydrogens (primary N) is 1. The van der Waals surface area contributed by atoms with Gasteiger partial charge >= 0.3 is 0 Å². The third kappa shape index (κ3) is 3.32. The number of benzene rings is 1. The van der Waals surface area contributed by atoms with Gasteiger partial charge in [-0.15, -0.1) is 0 Å². The van der Waals surface area contributed by atoms with Crippen LogP contribution in [0.4, 0.5) is 4.39 Å². The summed E-state index contributed by atoms with van der Waals surface area (Å²) >= 11 is 3.04. The Labute approximate surface area is 80.9 Å². The molecule has 0 spiro atoms. The summed E-state index contributed by atoms with van der Waals surface area (Å²) < 4.78 is 13.1. The Balaban J connectivity index is 0.000000561.